The number of carboxylic acid groups (broad SMARTS) is 1. The molecule has 0 aliphatic carbocycles. The maximum Gasteiger partial charge on any atom is 0.335 e. The lowest BCUT2D eigenvalue weighted by molar-refractivity contribution is 0.0696. The van der Waals surface area contributed by atoms with E-state index in [1.165, 1.54) is 12.3 Å². The zero-order chi connectivity index (χ0) is 23.3. The third-order valence-electron chi connectivity index (χ3n) is 5.49. The third-order valence-corrected chi connectivity index (χ3v) is 5.49. The standard InChI is InChI=1S/C29H21N3O2/c33-29(34)24-17-18-30-26(19-24)16-15-25-20-32(27-9-5-2-6-10-27)31-28(25)23-13-11-22(12-14-23)21-7-3-1-4-8-21/h1-20H,(H,33,34)/b16-15+. The van der Waals surface area contributed by atoms with E-state index in [-0.39, 0.29) is 5.56 Å². The summed E-state index contributed by atoms with van der Waals surface area (Å²) in [5, 5.41) is 14.1. The Morgan fingerprint density at radius 2 is 1.41 bits per heavy atom. The number of carboxylic acids is 1. The van der Waals surface area contributed by atoms with Crippen molar-refractivity contribution in [3.63, 3.8) is 0 Å². The van der Waals surface area contributed by atoms with Gasteiger partial charge >= 0.3 is 5.97 Å². The van der Waals surface area contributed by atoms with Crippen molar-refractivity contribution in [1.82, 2.24) is 14.8 Å². The highest BCUT2D eigenvalue weighted by molar-refractivity contribution is 5.88. The van der Waals surface area contributed by atoms with Crippen molar-refractivity contribution >= 4 is 18.1 Å². The van der Waals surface area contributed by atoms with Gasteiger partial charge in [0.1, 0.15) is 0 Å². The predicted octanol–water partition coefficient (Wildman–Crippen LogP) is 6.47. The Bertz CT molecular complexity index is 1450. The van der Waals surface area contributed by atoms with E-state index in [2.05, 4.69) is 41.4 Å². The highest BCUT2D eigenvalue weighted by atomic mass is 16.4. The van der Waals surface area contributed by atoms with Crippen LogP contribution in [-0.2, 0) is 0 Å². The minimum atomic E-state index is -0.979. The van der Waals surface area contributed by atoms with Crippen LogP contribution in [0.3, 0.4) is 0 Å². The molecule has 34 heavy (non-hydrogen) atoms. The van der Waals surface area contributed by atoms with Crippen LogP contribution in [0.1, 0.15) is 21.6 Å². The van der Waals surface area contributed by atoms with Gasteiger partial charge in [-0.25, -0.2) is 9.48 Å². The van der Waals surface area contributed by atoms with E-state index in [9.17, 15) is 9.90 Å². The second kappa shape index (κ2) is 9.38. The third kappa shape index (κ3) is 4.54. The maximum absolute atomic E-state index is 11.3. The molecular formula is C29H21N3O2. The first-order valence-electron chi connectivity index (χ1n) is 10.9. The predicted molar refractivity (Wildman–Crippen MR) is 135 cm³/mol. The Morgan fingerprint density at radius 3 is 2.12 bits per heavy atom. The lowest BCUT2D eigenvalue weighted by Crippen LogP contribution is -1.96. The van der Waals surface area contributed by atoms with Gasteiger partial charge in [-0.1, -0.05) is 72.8 Å². The Hall–Kier alpha value is -4.77. The van der Waals surface area contributed by atoms with Gasteiger partial charge in [-0.15, -0.1) is 0 Å². The number of rotatable bonds is 6. The van der Waals surface area contributed by atoms with Gasteiger partial charge in [-0.05, 0) is 47.5 Å². The average molecular weight is 444 g/mol. The quantitative estimate of drug-likeness (QED) is 0.327. The molecule has 0 unspecified atom stereocenters. The highest BCUT2D eigenvalue weighted by Crippen LogP contribution is 2.28. The van der Waals surface area contributed by atoms with Gasteiger partial charge in [0.2, 0.25) is 0 Å². The molecule has 5 heteroatoms. The van der Waals surface area contributed by atoms with Crippen molar-refractivity contribution in [3.05, 3.63) is 126 Å². The number of para-hydroxylation sites is 1. The van der Waals surface area contributed by atoms with Crippen LogP contribution in [0.5, 0.6) is 0 Å². The molecule has 0 aliphatic heterocycles. The fourth-order valence-corrected chi connectivity index (χ4v) is 3.75. The van der Waals surface area contributed by atoms with Crippen molar-refractivity contribution in [3.8, 4) is 28.1 Å². The smallest absolute Gasteiger partial charge is 0.335 e. The van der Waals surface area contributed by atoms with E-state index >= 15 is 0 Å². The molecule has 5 nitrogen and oxygen atoms in total. The molecule has 2 aromatic heterocycles. The summed E-state index contributed by atoms with van der Waals surface area (Å²) < 4.78 is 1.85. The molecule has 2 heterocycles. The number of aromatic nitrogens is 3. The van der Waals surface area contributed by atoms with Crippen molar-refractivity contribution in [2.24, 2.45) is 0 Å². The van der Waals surface area contributed by atoms with E-state index in [1.54, 1.807) is 12.1 Å². The molecule has 0 fully saturated rings. The summed E-state index contributed by atoms with van der Waals surface area (Å²) in [6.07, 6.45) is 7.19. The average Bonchev–Trinajstić information content (AvgIpc) is 3.33. The Morgan fingerprint density at radius 1 is 0.765 bits per heavy atom. The molecule has 0 atom stereocenters. The first-order valence-corrected chi connectivity index (χ1v) is 10.9. The second-order valence-corrected chi connectivity index (χ2v) is 7.76. The van der Waals surface area contributed by atoms with Crippen molar-refractivity contribution in [2.75, 3.05) is 0 Å². The summed E-state index contributed by atoms with van der Waals surface area (Å²) in [6, 6.07) is 31.5. The fraction of sp³-hybridized carbons (Fsp3) is 0. The molecule has 5 aromatic rings. The molecule has 0 saturated heterocycles. The number of hydrogen-bond acceptors (Lipinski definition) is 3. The number of hydrogen-bond donors (Lipinski definition) is 1. The molecule has 0 saturated carbocycles. The first-order chi connectivity index (χ1) is 16.7. The van der Waals surface area contributed by atoms with Crippen molar-refractivity contribution in [1.29, 1.82) is 0 Å². The van der Waals surface area contributed by atoms with Crippen LogP contribution in [0.25, 0.3) is 40.2 Å². The van der Waals surface area contributed by atoms with E-state index in [4.69, 9.17) is 5.10 Å². The van der Waals surface area contributed by atoms with Crippen LogP contribution in [-0.4, -0.2) is 25.8 Å². The molecule has 3 aromatic carbocycles. The van der Waals surface area contributed by atoms with Crippen molar-refractivity contribution in [2.45, 2.75) is 0 Å². The first kappa shape index (κ1) is 21.1. The molecule has 0 aliphatic rings. The van der Waals surface area contributed by atoms with E-state index in [0.717, 1.165) is 33.6 Å². The summed E-state index contributed by atoms with van der Waals surface area (Å²) in [5.41, 5.74) is 6.74. The van der Waals surface area contributed by atoms with Crippen LogP contribution >= 0.6 is 0 Å². The Labute approximate surface area is 197 Å². The summed E-state index contributed by atoms with van der Waals surface area (Å²) >= 11 is 0. The van der Waals surface area contributed by atoms with Gasteiger partial charge in [0.15, 0.2) is 0 Å². The lowest BCUT2D eigenvalue weighted by atomic mass is 10.0. The Balaban J connectivity index is 1.54. The van der Waals surface area contributed by atoms with Gasteiger partial charge < -0.3 is 5.11 Å². The summed E-state index contributed by atoms with van der Waals surface area (Å²) in [4.78, 5) is 15.6. The summed E-state index contributed by atoms with van der Waals surface area (Å²) in [6.45, 7) is 0. The van der Waals surface area contributed by atoms with E-state index in [1.807, 2.05) is 65.5 Å². The number of nitrogens with zero attached hydrogens (tertiary/aromatic N) is 3. The minimum absolute atomic E-state index is 0.200. The summed E-state index contributed by atoms with van der Waals surface area (Å²) in [5.74, 6) is -0.979. The molecule has 0 spiro atoms. The largest absolute Gasteiger partial charge is 0.478 e. The van der Waals surface area contributed by atoms with Crippen LogP contribution in [0.2, 0.25) is 0 Å². The van der Waals surface area contributed by atoms with E-state index < -0.39 is 5.97 Å². The number of aromatic carboxylic acids is 1. The number of benzene rings is 3. The van der Waals surface area contributed by atoms with Gasteiger partial charge in [-0.3, -0.25) is 4.98 Å². The van der Waals surface area contributed by atoms with Gasteiger partial charge in [0.25, 0.3) is 0 Å². The molecule has 1 N–H and O–H groups in total. The Kier molecular flexibility index (Phi) is 5.82. The fourth-order valence-electron chi connectivity index (χ4n) is 3.75. The molecular weight excluding hydrogens is 422 g/mol. The maximum atomic E-state index is 11.3. The van der Waals surface area contributed by atoms with Gasteiger partial charge in [0, 0.05) is 23.5 Å². The molecule has 0 radical (unpaired) electrons. The van der Waals surface area contributed by atoms with Gasteiger partial charge in [0.05, 0.1) is 22.6 Å². The monoisotopic (exact) mass is 443 g/mol. The number of pyridine rings is 1. The molecule has 0 bridgehead atoms. The topological polar surface area (TPSA) is 68.0 Å². The molecule has 5 rings (SSSR count). The zero-order valence-electron chi connectivity index (χ0n) is 18.2. The van der Waals surface area contributed by atoms with Crippen LogP contribution in [0.4, 0.5) is 0 Å². The van der Waals surface area contributed by atoms with Crippen LogP contribution in [0.15, 0.2) is 109 Å². The lowest BCUT2D eigenvalue weighted by Gasteiger charge is -2.04. The normalized spacial score (nSPS) is 11.1. The van der Waals surface area contributed by atoms with E-state index in [0.29, 0.717) is 5.69 Å². The minimum Gasteiger partial charge on any atom is -0.478 e. The van der Waals surface area contributed by atoms with Crippen LogP contribution < -0.4 is 0 Å². The zero-order valence-corrected chi connectivity index (χ0v) is 18.2. The summed E-state index contributed by atoms with van der Waals surface area (Å²) in [7, 11) is 0. The number of carbonyl (C=O) groups is 1. The van der Waals surface area contributed by atoms with Gasteiger partial charge in [-0.2, -0.15) is 5.10 Å². The SMILES string of the molecule is O=C(O)c1ccnc(/C=C/c2cn(-c3ccccc3)nc2-c2ccc(-c3ccccc3)cc2)c1. The molecule has 164 valence electrons. The van der Waals surface area contributed by atoms with Crippen LogP contribution in [0, 0.1) is 0 Å². The second-order valence-electron chi connectivity index (χ2n) is 7.76. The molecule has 0 amide bonds. The highest BCUT2D eigenvalue weighted by Gasteiger charge is 2.11. The van der Waals surface area contributed by atoms with Crippen molar-refractivity contribution < 1.29 is 9.90 Å².